The first-order valence-corrected chi connectivity index (χ1v) is 10.9. The molecule has 4 rings (SSSR count). The largest absolute Gasteiger partial charge is 0.454 e. The topological polar surface area (TPSA) is 30.0 Å². The van der Waals surface area contributed by atoms with Crippen LogP contribution in [0.3, 0.4) is 0 Å². The van der Waals surface area contributed by atoms with Crippen LogP contribution in [0.1, 0.15) is 27.0 Å². The molecule has 0 atom stereocenters. The van der Waals surface area contributed by atoms with Crippen molar-refractivity contribution in [2.45, 2.75) is 23.9 Å². The van der Waals surface area contributed by atoms with E-state index >= 15 is 0 Å². The molecule has 0 bridgehead atoms. The molecule has 0 saturated heterocycles. The van der Waals surface area contributed by atoms with Crippen LogP contribution < -0.4 is 0 Å². The van der Waals surface area contributed by atoms with Gasteiger partial charge < -0.3 is 0 Å². The molecule has 4 aromatic rings. The zero-order valence-corrected chi connectivity index (χ0v) is 17.6. The third-order valence-electron chi connectivity index (χ3n) is 5.11. The highest BCUT2D eigenvalue weighted by Crippen LogP contribution is 2.41. The van der Waals surface area contributed by atoms with E-state index in [2.05, 4.69) is 4.98 Å². The lowest BCUT2D eigenvalue weighted by molar-refractivity contribution is -0.136. The van der Waals surface area contributed by atoms with E-state index in [4.69, 9.17) is 0 Å². The van der Waals surface area contributed by atoms with Crippen LogP contribution in [0.2, 0.25) is 0 Å². The molecule has 0 fully saturated rings. The number of thioether (sulfide) groups is 1. The Morgan fingerprint density at radius 3 is 2.09 bits per heavy atom. The van der Waals surface area contributed by atoms with Crippen molar-refractivity contribution >= 4 is 39.2 Å². The van der Waals surface area contributed by atoms with E-state index < -0.39 is 34.6 Å². The Hall–Kier alpha value is -3.07. The van der Waals surface area contributed by atoms with Gasteiger partial charge in [0.25, 0.3) is 5.78 Å². The van der Waals surface area contributed by atoms with Crippen molar-refractivity contribution in [3.8, 4) is 0 Å². The first-order valence-electron chi connectivity index (χ1n) is 9.71. The van der Waals surface area contributed by atoms with E-state index in [9.17, 15) is 31.1 Å². The van der Waals surface area contributed by atoms with E-state index in [1.54, 1.807) is 0 Å². The molecule has 0 amide bonds. The minimum Gasteiger partial charge on any atom is -0.284 e. The lowest BCUT2D eigenvalue weighted by Crippen LogP contribution is -2.23. The summed E-state index contributed by atoms with van der Waals surface area (Å²) in [4.78, 5) is 16.2. The summed E-state index contributed by atoms with van der Waals surface area (Å²) in [5, 5.41) is -0.567. The third kappa shape index (κ3) is 4.68. The number of nitrogens with zero attached hydrogens (tertiary/aromatic N) is 1. The number of hydrogen-bond acceptors (Lipinski definition) is 3. The Morgan fingerprint density at radius 1 is 0.818 bits per heavy atom. The molecule has 33 heavy (non-hydrogen) atoms. The standard InChI is InChI=1S/C24H15F6NOS/c25-23(26,27)20-15(13-33-12-14-6-2-1-3-7-14)11-31-21-17-9-5-4-8-16(17)18(10-19(20)21)22(32)24(28,29)30/h1-11H,12-13H2. The first kappa shape index (κ1) is 23.1. The highest BCUT2D eigenvalue weighted by Gasteiger charge is 2.41. The Balaban J connectivity index is 1.89. The molecule has 0 N–H and O–H groups in total. The number of ketones is 1. The van der Waals surface area contributed by atoms with Gasteiger partial charge in [-0.25, -0.2) is 0 Å². The van der Waals surface area contributed by atoms with Crippen LogP contribution in [0.4, 0.5) is 26.3 Å². The molecule has 0 unspecified atom stereocenters. The van der Waals surface area contributed by atoms with Crippen molar-refractivity contribution in [3.05, 3.63) is 89.1 Å². The number of halogens is 6. The third-order valence-corrected chi connectivity index (χ3v) is 6.16. The molecule has 9 heteroatoms. The summed E-state index contributed by atoms with van der Waals surface area (Å²) in [7, 11) is 0. The molecule has 1 heterocycles. The summed E-state index contributed by atoms with van der Waals surface area (Å²) in [6.45, 7) is 0. The summed E-state index contributed by atoms with van der Waals surface area (Å²) >= 11 is 1.23. The molecule has 0 aliphatic heterocycles. The second kappa shape index (κ2) is 8.70. The normalized spacial score (nSPS) is 12.4. The fourth-order valence-electron chi connectivity index (χ4n) is 3.71. The number of carbonyl (C=O) groups excluding carboxylic acids is 1. The van der Waals surface area contributed by atoms with E-state index in [0.717, 1.165) is 11.8 Å². The van der Waals surface area contributed by atoms with Crippen molar-refractivity contribution < 1.29 is 31.1 Å². The molecule has 0 radical (unpaired) electrons. The number of carbonyl (C=O) groups is 1. The second-order valence-corrected chi connectivity index (χ2v) is 8.31. The van der Waals surface area contributed by atoms with Crippen LogP contribution in [0, 0.1) is 0 Å². The van der Waals surface area contributed by atoms with Crippen LogP contribution in [0.5, 0.6) is 0 Å². The van der Waals surface area contributed by atoms with E-state index in [1.807, 2.05) is 30.3 Å². The fourth-order valence-corrected chi connectivity index (χ4v) is 4.68. The summed E-state index contributed by atoms with van der Waals surface area (Å²) in [6, 6.07) is 15.4. The van der Waals surface area contributed by atoms with Gasteiger partial charge in [0.1, 0.15) is 0 Å². The van der Waals surface area contributed by atoms with Gasteiger partial charge in [0.2, 0.25) is 0 Å². The fraction of sp³-hybridized carbons (Fsp3) is 0.167. The van der Waals surface area contributed by atoms with E-state index in [-0.39, 0.29) is 27.6 Å². The van der Waals surface area contributed by atoms with Gasteiger partial charge in [-0.05, 0) is 22.6 Å². The molecular weight excluding hydrogens is 464 g/mol. The molecule has 2 nitrogen and oxygen atoms in total. The number of hydrogen-bond donors (Lipinski definition) is 0. The predicted octanol–water partition coefficient (Wildman–Crippen LogP) is 7.59. The van der Waals surface area contributed by atoms with Gasteiger partial charge in [0.15, 0.2) is 0 Å². The zero-order valence-electron chi connectivity index (χ0n) is 16.8. The Bertz CT molecular complexity index is 1330. The molecule has 0 saturated carbocycles. The summed E-state index contributed by atoms with van der Waals surface area (Å²) in [5.74, 6) is -1.80. The van der Waals surface area contributed by atoms with Gasteiger partial charge in [0.05, 0.1) is 11.1 Å². The van der Waals surface area contributed by atoms with Crippen molar-refractivity contribution in [1.29, 1.82) is 0 Å². The first-order chi connectivity index (χ1) is 15.6. The quantitative estimate of drug-likeness (QED) is 0.168. The number of rotatable bonds is 5. The minimum absolute atomic E-state index is 0.0524. The zero-order chi connectivity index (χ0) is 23.8. The average molecular weight is 479 g/mol. The Kier molecular flexibility index (Phi) is 6.09. The maximum absolute atomic E-state index is 14.2. The number of alkyl halides is 6. The SMILES string of the molecule is O=C(c1cc2c(C(F)(F)F)c(CSCc3ccccc3)cnc2c2ccccc12)C(F)(F)F. The van der Waals surface area contributed by atoms with Crippen LogP contribution in [0.25, 0.3) is 21.7 Å². The number of Topliss-reactive ketones (excluding diaryl/α,β-unsaturated/α-hetero) is 1. The lowest BCUT2D eigenvalue weighted by Gasteiger charge is -2.18. The molecule has 0 aliphatic rings. The highest BCUT2D eigenvalue weighted by molar-refractivity contribution is 7.97. The summed E-state index contributed by atoms with van der Waals surface area (Å²) in [5.41, 5.74) is -1.24. The highest BCUT2D eigenvalue weighted by atomic mass is 32.2. The lowest BCUT2D eigenvalue weighted by atomic mass is 9.94. The van der Waals surface area contributed by atoms with Crippen molar-refractivity contribution in [2.24, 2.45) is 0 Å². The number of aromatic nitrogens is 1. The Morgan fingerprint density at radius 2 is 1.45 bits per heavy atom. The van der Waals surface area contributed by atoms with Crippen molar-refractivity contribution in [3.63, 3.8) is 0 Å². The summed E-state index contributed by atoms with van der Waals surface area (Å²) in [6.07, 6.45) is -8.98. The van der Waals surface area contributed by atoms with Crippen molar-refractivity contribution in [1.82, 2.24) is 4.98 Å². The van der Waals surface area contributed by atoms with Gasteiger partial charge in [-0.1, -0.05) is 54.6 Å². The van der Waals surface area contributed by atoms with Gasteiger partial charge in [-0.15, -0.1) is 0 Å². The van der Waals surface area contributed by atoms with E-state index in [1.165, 1.54) is 36.0 Å². The van der Waals surface area contributed by atoms with Gasteiger partial charge in [0, 0.05) is 34.0 Å². The number of pyridine rings is 1. The average Bonchev–Trinajstić information content (AvgIpc) is 2.77. The smallest absolute Gasteiger partial charge is 0.284 e. The molecule has 0 aliphatic carbocycles. The van der Waals surface area contributed by atoms with Crippen molar-refractivity contribution in [2.75, 3.05) is 0 Å². The number of fused-ring (bicyclic) bond motifs is 3. The van der Waals surface area contributed by atoms with Crippen LogP contribution in [-0.2, 0) is 17.7 Å². The monoisotopic (exact) mass is 479 g/mol. The number of benzene rings is 3. The van der Waals surface area contributed by atoms with E-state index in [0.29, 0.717) is 11.8 Å². The van der Waals surface area contributed by atoms with Gasteiger partial charge >= 0.3 is 12.4 Å². The predicted molar refractivity (Wildman–Crippen MR) is 116 cm³/mol. The minimum atomic E-state index is -5.23. The molecular formula is C24H15F6NOS. The maximum Gasteiger partial charge on any atom is 0.454 e. The second-order valence-electron chi connectivity index (χ2n) is 7.33. The molecule has 0 spiro atoms. The summed E-state index contributed by atoms with van der Waals surface area (Å²) < 4.78 is 82.1. The maximum atomic E-state index is 14.2. The molecule has 3 aromatic carbocycles. The van der Waals surface area contributed by atoms with Crippen LogP contribution in [-0.4, -0.2) is 16.9 Å². The van der Waals surface area contributed by atoms with Gasteiger partial charge in [-0.3, -0.25) is 9.78 Å². The molecule has 1 aromatic heterocycles. The molecule has 170 valence electrons. The van der Waals surface area contributed by atoms with Crippen LogP contribution in [0.15, 0.2) is 66.9 Å². The van der Waals surface area contributed by atoms with Gasteiger partial charge in [-0.2, -0.15) is 38.1 Å². The van der Waals surface area contributed by atoms with Crippen LogP contribution >= 0.6 is 11.8 Å². The Labute approximate surface area is 188 Å².